The Morgan fingerprint density at radius 3 is 1.00 bits per heavy atom. The summed E-state index contributed by atoms with van der Waals surface area (Å²) in [7, 11) is 0. The Morgan fingerprint density at radius 1 is 0.364 bits per heavy atom. The van der Waals surface area contributed by atoms with Crippen molar-refractivity contribution >= 4 is 17.9 Å². The normalized spacial score (nSPS) is 12.1. The van der Waals surface area contributed by atoms with Crippen molar-refractivity contribution in [2.24, 2.45) is 0 Å². The molecule has 0 saturated heterocycles. The zero-order valence-corrected chi connectivity index (χ0v) is 36.7. The van der Waals surface area contributed by atoms with E-state index in [1.165, 1.54) is 148 Å². The zero-order chi connectivity index (χ0) is 40.1. The Bertz CT molecular complexity index is 896. The molecule has 0 N–H and O–H groups in total. The summed E-state index contributed by atoms with van der Waals surface area (Å²) < 4.78 is 16.6. The van der Waals surface area contributed by atoms with Crippen LogP contribution in [0.25, 0.3) is 0 Å². The van der Waals surface area contributed by atoms with Crippen molar-refractivity contribution in [3.8, 4) is 0 Å². The fraction of sp³-hybridized carbons (Fsp3) is 0.857. The smallest absolute Gasteiger partial charge is 0.306 e. The number of hydrogen-bond acceptors (Lipinski definition) is 6. The minimum Gasteiger partial charge on any atom is -0.462 e. The van der Waals surface area contributed by atoms with Crippen LogP contribution in [0, 0.1) is 0 Å². The maximum absolute atomic E-state index is 12.6. The van der Waals surface area contributed by atoms with E-state index in [-0.39, 0.29) is 31.1 Å². The van der Waals surface area contributed by atoms with Crippen LogP contribution in [0.2, 0.25) is 0 Å². The lowest BCUT2D eigenvalue weighted by Crippen LogP contribution is -2.30. The summed E-state index contributed by atoms with van der Waals surface area (Å²) in [5, 5.41) is 0. The van der Waals surface area contributed by atoms with E-state index in [9.17, 15) is 14.4 Å². The molecule has 0 aromatic carbocycles. The topological polar surface area (TPSA) is 78.9 Å². The van der Waals surface area contributed by atoms with E-state index in [1.807, 2.05) is 0 Å². The van der Waals surface area contributed by atoms with Gasteiger partial charge in [0.25, 0.3) is 0 Å². The van der Waals surface area contributed by atoms with Crippen molar-refractivity contribution in [3.63, 3.8) is 0 Å². The molecule has 0 heterocycles. The average Bonchev–Trinajstić information content (AvgIpc) is 3.18. The molecular formula is C49H90O6. The highest BCUT2D eigenvalue weighted by atomic mass is 16.6. The molecule has 0 bridgehead atoms. The van der Waals surface area contributed by atoms with Crippen LogP contribution in [0.1, 0.15) is 252 Å². The second kappa shape index (κ2) is 44.6. The molecule has 0 radical (unpaired) electrons. The van der Waals surface area contributed by atoms with E-state index in [1.54, 1.807) is 0 Å². The van der Waals surface area contributed by atoms with Crippen LogP contribution in [0.4, 0.5) is 0 Å². The lowest BCUT2D eigenvalue weighted by Gasteiger charge is -2.18. The Hall–Kier alpha value is -2.11. The molecule has 6 nitrogen and oxygen atoms in total. The van der Waals surface area contributed by atoms with Crippen LogP contribution < -0.4 is 0 Å². The van der Waals surface area contributed by atoms with Gasteiger partial charge in [0.1, 0.15) is 13.2 Å². The quantitative estimate of drug-likeness (QED) is 0.0266. The lowest BCUT2D eigenvalue weighted by molar-refractivity contribution is -0.167. The fourth-order valence-corrected chi connectivity index (χ4v) is 6.82. The predicted octanol–water partition coefficient (Wildman–Crippen LogP) is 15.2. The largest absolute Gasteiger partial charge is 0.462 e. The summed E-state index contributed by atoms with van der Waals surface area (Å²) in [5.41, 5.74) is 0. The standard InChI is InChI=1S/C49H90O6/c1-4-7-10-13-16-18-19-20-21-22-23-24-25-26-27-28-29-30-31-32-34-36-39-42-48(51)54-45-46(44-53-47(50)41-38-35-15-12-9-6-3)55-49(52)43-40-37-33-17-14-11-8-5-2/h19-20,22-23,46H,4-18,21,24-45H2,1-3H3/b20-19-,23-22-. The summed E-state index contributed by atoms with van der Waals surface area (Å²) in [5.74, 6) is -0.880. The highest BCUT2D eigenvalue weighted by Gasteiger charge is 2.19. The summed E-state index contributed by atoms with van der Waals surface area (Å²) in [6, 6.07) is 0. The fourth-order valence-electron chi connectivity index (χ4n) is 6.82. The van der Waals surface area contributed by atoms with Crippen molar-refractivity contribution in [1.82, 2.24) is 0 Å². The van der Waals surface area contributed by atoms with Gasteiger partial charge in [-0.3, -0.25) is 14.4 Å². The van der Waals surface area contributed by atoms with E-state index in [0.29, 0.717) is 19.3 Å². The molecule has 1 unspecified atom stereocenters. The van der Waals surface area contributed by atoms with Gasteiger partial charge in [-0.2, -0.15) is 0 Å². The van der Waals surface area contributed by atoms with Crippen LogP contribution in [-0.4, -0.2) is 37.2 Å². The first-order valence-corrected chi connectivity index (χ1v) is 23.8. The first-order chi connectivity index (χ1) is 27.0. The van der Waals surface area contributed by atoms with Crippen molar-refractivity contribution < 1.29 is 28.6 Å². The van der Waals surface area contributed by atoms with Gasteiger partial charge < -0.3 is 14.2 Å². The monoisotopic (exact) mass is 775 g/mol. The van der Waals surface area contributed by atoms with Gasteiger partial charge in [-0.1, -0.05) is 206 Å². The van der Waals surface area contributed by atoms with Gasteiger partial charge in [0.05, 0.1) is 0 Å². The molecule has 0 rings (SSSR count). The third-order valence-corrected chi connectivity index (χ3v) is 10.5. The van der Waals surface area contributed by atoms with Crippen LogP contribution in [-0.2, 0) is 28.6 Å². The Labute approximate surface area is 341 Å². The molecule has 55 heavy (non-hydrogen) atoms. The Kier molecular flexibility index (Phi) is 42.9. The maximum atomic E-state index is 12.6. The molecule has 0 fully saturated rings. The lowest BCUT2D eigenvalue weighted by atomic mass is 10.0. The minimum atomic E-state index is -0.761. The molecule has 6 heteroatoms. The van der Waals surface area contributed by atoms with Crippen molar-refractivity contribution in [1.29, 1.82) is 0 Å². The maximum Gasteiger partial charge on any atom is 0.306 e. The van der Waals surface area contributed by atoms with Crippen LogP contribution in [0.15, 0.2) is 24.3 Å². The highest BCUT2D eigenvalue weighted by molar-refractivity contribution is 5.71. The molecule has 0 aromatic rings. The first kappa shape index (κ1) is 52.9. The molecule has 0 aliphatic carbocycles. The minimum absolute atomic E-state index is 0.0695. The molecular weight excluding hydrogens is 685 g/mol. The van der Waals surface area contributed by atoms with Crippen LogP contribution in [0.3, 0.4) is 0 Å². The number of carbonyl (C=O) groups excluding carboxylic acids is 3. The molecule has 0 saturated carbocycles. The highest BCUT2D eigenvalue weighted by Crippen LogP contribution is 2.15. The Balaban J connectivity index is 4.04. The van der Waals surface area contributed by atoms with Gasteiger partial charge in [0.15, 0.2) is 6.10 Å². The molecule has 1 atom stereocenters. The van der Waals surface area contributed by atoms with Crippen molar-refractivity contribution in [3.05, 3.63) is 24.3 Å². The molecule has 0 aromatic heterocycles. The van der Waals surface area contributed by atoms with Gasteiger partial charge in [-0.15, -0.1) is 0 Å². The number of esters is 3. The van der Waals surface area contributed by atoms with E-state index in [0.717, 1.165) is 64.2 Å². The number of hydrogen-bond donors (Lipinski definition) is 0. The molecule has 0 aliphatic rings. The third kappa shape index (κ3) is 42.9. The molecule has 0 amide bonds. The van der Waals surface area contributed by atoms with E-state index in [2.05, 4.69) is 45.1 Å². The predicted molar refractivity (Wildman–Crippen MR) is 233 cm³/mol. The summed E-state index contributed by atoms with van der Waals surface area (Å²) in [4.78, 5) is 37.4. The van der Waals surface area contributed by atoms with Crippen LogP contribution in [0.5, 0.6) is 0 Å². The van der Waals surface area contributed by atoms with E-state index >= 15 is 0 Å². The number of unbranched alkanes of at least 4 members (excludes halogenated alkanes) is 28. The molecule has 322 valence electrons. The van der Waals surface area contributed by atoms with Gasteiger partial charge in [-0.05, 0) is 51.4 Å². The van der Waals surface area contributed by atoms with Gasteiger partial charge >= 0.3 is 17.9 Å². The van der Waals surface area contributed by atoms with Gasteiger partial charge in [0, 0.05) is 19.3 Å². The Morgan fingerprint density at radius 2 is 0.655 bits per heavy atom. The summed E-state index contributed by atoms with van der Waals surface area (Å²) >= 11 is 0. The SMILES string of the molecule is CCCCCCC/C=C\C/C=C\CCCCCCCCCCCCCC(=O)OCC(COC(=O)CCCCCCCC)OC(=O)CCCCCCCCCC. The number of ether oxygens (including phenoxy) is 3. The zero-order valence-electron chi connectivity index (χ0n) is 36.7. The first-order valence-electron chi connectivity index (χ1n) is 23.8. The molecule has 0 spiro atoms. The second-order valence-corrected chi connectivity index (χ2v) is 16.0. The van der Waals surface area contributed by atoms with E-state index in [4.69, 9.17) is 14.2 Å². The molecule has 0 aliphatic heterocycles. The number of carbonyl (C=O) groups is 3. The van der Waals surface area contributed by atoms with Gasteiger partial charge in [-0.25, -0.2) is 0 Å². The van der Waals surface area contributed by atoms with Gasteiger partial charge in [0.2, 0.25) is 0 Å². The van der Waals surface area contributed by atoms with E-state index < -0.39 is 6.10 Å². The number of rotatable bonds is 43. The summed E-state index contributed by atoms with van der Waals surface area (Å²) in [6.45, 7) is 6.54. The second-order valence-electron chi connectivity index (χ2n) is 16.0. The summed E-state index contributed by atoms with van der Waals surface area (Å²) in [6.07, 6.45) is 49.1. The van der Waals surface area contributed by atoms with Crippen molar-refractivity contribution in [2.45, 2.75) is 258 Å². The van der Waals surface area contributed by atoms with Crippen molar-refractivity contribution in [2.75, 3.05) is 13.2 Å². The third-order valence-electron chi connectivity index (χ3n) is 10.5. The number of allylic oxidation sites excluding steroid dienone is 4. The average molecular weight is 775 g/mol. The van der Waals surface area contributed by atoms with Crippen LogP contribution >= 0.6 is 0 Å².